The summed E-state index contributed by atoms with van der Waals surface area (Å²) < 4.78 is 5.39. The van der Waals surface area contributed by atoms with Crippen LogP contribution in [0.3, 0.4) is 0 Å². The molecule has 1 aliphatic heterocycles. The van der Waals surface area contributed by atoms with Gasteiger partial charge in [0.15, 0.2) is 0 Å². The second-order valence-electron chi connectivity index (χ2n) is 4.62. The highest BCUT2D eigenvalue weighted by Gasteiger charge is 2.19. The van der Waals surface area contributed by atoms with Crippen LogP contribution in [-0.2, 0) is 11.2 Å². The molecule has 1 saturated heterocycles. The Bertz CT molecular complexity index is 409. The van der Waals surface area contributed by atoms with Crippen molar-refractivity contribution in [3.05, 3.63) is 22.8 Å². The number of ether oxygens (including phenoxy) is 1. The Balaban J connectivity index is 2.48. The maximum atomic E-state index is 10.1. The van der Waals surface area contributed by atoms with Gasteiger partial charge in [0.2, 0.25) is 0 Å². The van der Waals surface area contributed by atoms with E-state index in [1.807, 2.05) is 6.07 Å². The van der Waals surface area contributed by atoms with Crippen molar-refractivity contribution in [1.82, 2.24) is 0 Å². The van der Waals surface area contributed by atoms with E-state index in [4.69, 9.17) is 4.74 Å². The predicted octanol–water partition coefficient (Wildman–Crippen LogP) is 2.41. The molecule has 94 valence electrons. The molecular weight excluding hydrogens is 214 g/mol. The molecule has 1 heterocycles. The summed E-state index contributed by atoms with van der Waals surface area (Å²) in [5, 5.41) is 10.1. The van der Waals surface area contributed by atoms with E-state index in [1.54, 1.807) is 0 Å². The third-order valence-corrected chi connectivity index (χ3v) is 3.58. The standard InChI is InChI=1S/C14H21NO2/c1-4-12-13(16)9-10(2)11(3)14(12)15-5-7-17-8-6-15/h9,16H,4-8H2,1-3H3. The van der Waals surface area contributed by atoms with Gasteiger partial charge in [0.05, 0.1) is 13.2 Å². The Kier molecular flexibility index (Phi) is 3.57. The van der Waals surface area contributed by atoms with Crippen molar-refractivity contribution in [3.8, 4) is 5.75 Å². The third kappa shape index (κ3) is 2.25. The number of phenols is 1. The first-order valence-electron chi connectivity index (χ1n) is 6.30. The molecule has 0 aromatic heterocycles. The fourth-order valence-electron chi connectivity index (χ4n) is 2.50. The van der Waals surface area contributed by atoms with Crippen molar-refractivity contribution in [1.29, 1.82) is 0 Å². The van der Waals surface area contributed by atoms with Crippen LogP contribution < -0.4 is 4.90 Å². The van der Waals surface area contributed by atoms with E-state index in [1.165, 1.54) is 11.3 Å². The zero-order valence-electron chi connectivity index (χ0n) is 10.9. The normalized spacial score (nSPS) is 16.3. The summed E-state index contributed by atoms with van der Waals surface area (Å²) in [6, 6.07) is 1.87. The van der Waals surface area contributed by atoms with Crippen molar-refractivity contribution in [2.45, 2.75) is 27.2 Å². The van der Waals surface area contributed by atoms with E-state index in [0.29, 0.717) is 5.75 Å². The highest BCUT2D eigenvalue weighted by molar-refractivity contribution is 5.66. The van der Waals surface area contributed by atoms with Crippen molar-refractivity contribution in [3.63, 3.8) is 0 Å². The number of anilines is 1. The van der Waals surface area contributed by atoms with Gasteiger partial charge in [-0.3, -0.25) is 0 Å². The van der Waals surface area contributed by atoms with Crippen LogP contribution in [0.2, 0.25) is 0 Å². The number of morpholine rings is 1. The lowest BCUT2D eigenvalue weighted by molar-refractivity contribution is 0.122. The average Bonchev–Trinajstić information content (AvgIpc) is 2.34. The maximum absolute atomic E-state index is 10.1. The summed E-state index contributed by atoms with van der Waals surface area (Å²) >= 11 is 0. The predicted molar refractivity (Wildman–Crippen MR) is 70.0 cm³/mol. The summed E-state index contributed by atoms with van der Waals surface area (Å²) in [6.07, 6.45) is 0.861. The molecule has 0 amide bonds. The van der Waals surface area contributed by atoms with Crippen LogP contribution in [-0.4, -0.2) is 31.4 Å². The maximum Gasteiger partial charge on any atom is 0.121 e. The lowest BCUT2D eigenvalue weighted by atomic mass is 9.98. The van der Waals surface area contributed by atoms with Crippen LogP contribution in [0, 0.1) is 13.8 Å². The van der Waals surface area contributed by atoms with Gasteiger partial charge in [-0.25, -0.2) is 0 Å². The second-order valence-corrected chi connectivity index (χ2v) is 4.62. The molecule has 3 nitrogen and oxygen atoms in total. The van der Waals surface area contributed by atoms with E-state index in [0.717, 1.165) is 43.9 Å². The van der Waals surface area contributed by atoms with Crippen LogP contribution >= 0.6 is 0 Å². The molecule has 1 aliphatic rings. The van der Waals surface area contributed by atoms with Crippen LogP contribution in [0.4, 0.5) is 5.69 Å². The van der Waals surface area contributed by atoms with Crippen molar-refractivity contribution in [2.24, 2.45) is 0 Å². The highest BCUT2D eigenvalue weighted by atomic mass is 16.5. The molecule has 0 unspecified atom stereocenters. The van der Waals surface area contributed by atoms with Gasteiger partial charge in [0, 0.05) is 24.3 Å². The first-order chi connectivity index (χ1) is 8.15. The van der Waals surface area contributed by atoms with Gasteiger partial charge in [-0.15, -0.1) is 0 Å². The summed E-state index contributed by atoms with van der Waals surface area (Å²) in [4.78, 5) is 2.34. The number of benzene rings is 1. The van der Waals surface area contributed by atoms with E-state index in [2.05, 4.69) is 25.7 Å². The van der Waals surface area contributed by atoms with Gasteiger partial charge in [0.1, 0.15) is 5.75 Å². The molecule has 1 aromatic rings. The monoisotopic (exact) mass is 235 g/mol. The first-order valence-corrected chi connectivity index (χ1v) is 6.30. The average molecular weight is 235 g/mol. The number of aryl methyl sites for hydroxylation is 1. The molecule has 2 rings (SSSR count). The summed E-state index contributed by atoms with van der Waals surface area (Å²) in [6.45, 7) is 9.66. The topological polar surface area (TPSA) is 32.7 Å². The summed E-state index contributed by atoms with van der Waals surface area (Å²) in [5.74, 6) is 0.428. The van der Waals surface area contributed by atoms with E-state index >= 15 is 0 Å². The van der Waals surface area contributed by atoms with Gasteiger partial charge in [-0.05, 0) is 37.5 Å². The van der Waals surface area contributed by atoms with Gasteiger partial charge >= 0.3 is 0 Å². The zero-order valence-corrected chi connectivity index (χ0v) is 10.9. The third-order valence-electron chi connectivity index (χ3n) is 3.58. The van der Waals surface area contributed by atoms with Crippen molar-refractivity contribution < 1.29 is 9.84 Å². The van der Waals surface area contributed by atoms with Crippen LogP contribution in [0.1, 0.15) is 23.6 Å². The Hall–Kier alpha value is -1.22. The van der Waals surface area contributed by atoms with Crippen LogP contribution in [0.25, 0.3) is 0 Å². The lowest BCUT2D eigenvalue weighted by Crippen LogP contribution is -2.37. The van der Waals surface area contributed by atoms with E-state index in [9.17, 15) is 5.11 Å². The fourth-order valence-corrected chi connectivity index (χ4v) is 2.50. The molecule has 0 radical (unpaired) electrons. The van der Waals surface area contributed by atoms with Crippen LogP contribution in [0.15, 0.2) is 6.07 Å². The van der Waals surface area contributed by atoms with Gasteiger partial charge in [0.25, 0.3) is 0 Å². The van der Waals surface area contributed by atoms with E-state index < -0.39 is 0 Å². The minimum atomic E-state index is 0.428. The molecule has 1 aromatic carbocycles. The highest BCUT2D eigenvalue weighted by Crippen LogP contribution is 2.35. The Labute approximate surface area is 103 Å². The molecular formula is C14H21NO2. The van der Waals surface area contributed by atoms with Crippen molar-refractivity contribution in [2.75, 3.05) is 31.2 Å². The Morgan fingerprint density at radius 3 is 2.53 bits per heavy atom. The van der Waals surface area contributed by atoms with Crippen LogP contribution in [0.5, 0.6) is 5.75 Å². The SMILES string of the molecule is CCc1c(O)cc(C)c(C)c1N1CCOCC1. The van der Waals surface area contributed by atoms with Gasteiger partial charge in [-0.1, -0.05) is 6.92 Å². The minimum Gasteiger partial charge on any atom is -0.508 e. The number of phenolic OH excluding ortho intramolecular Hbond substituents is 1. The Morgan fingerprint density at radius 2 is 1.94 bits per heavy atom. The molecule has 0 aliphatic carbocycles. The molecule has 0 atom stereocenters. The summed E-state index contributed by atoms with van der Waals surface area (Å²) in [7, 11) is 0. The van der Waals surface area contributed by atoms with Gasteiger partial charge < -0.3 is 14.7 Å². The van der Waals surface area contributed by atoms with E-state index in [-0.39, 0.29) is 0 Å². The fraction of sp³-hybridized carbons (Fsp3) is 0.571. The minimum absolute atomic E-state index is 0.428. The molecule has 0 saturated carbocycles. The number of aromatic hydroxyl groups is 1. The molecule has 1 fully saturated rings. The Morgan fingerprint density at radius 1 is 1.29 bits per heavy atom. The smallest absolute Gasteiger partial charge is 0.121 e. The number of hydrogen-bond acceptors (Lipinski definition) is 3. The van der Waals surface area contributed by atoms with Gasteiger partial charge in [-0.2, -0.15) is 0 Å². The second kappa shape index (κ2) is 4.96. The largest absolute Gasteiger partial charge is 0.508 e. The molecule has 0 bridgehead atoms. The number of rotatable bonds is 2. The lowest BCUT2D eigenvalue weighted by Gasteiger charge is -2.32. The molecule has 0 spiro atoms. The number of nitrogens with zero attached hydrogens (tertiary/aromatic N) is 1. The molecule has 3 heteroatoms. The quantitative estimate of drug-likeness (QED) is 0.854. The number of hydrogen-bond donors (Lipinski definition) is 1. The van der Waals surface area contributed by atoms with Crippen molar-refractivity contribution >= 4 is 5.69 Å². The summed E-state index contributed by atoms with van der Waals surface area (Å²) in [5.41, 5.74) is 4.71. The zero-order chi connectivity index (χ0) is 12.4. The molecule has 1 N–H and O–H groups in total. The molecule has 17 heavy (non-hydrogen) atoms. The first kappa shape index (κ1) is 12.2.